The van der Waals surface area contributed by atoms with Gasteiger partial charge in [-0.15, -0.1) is 0 Å². The quantitative estimate of drug-likeness (QED) is 0.480. The molecule has 1 fully saturated rings. The van der Waals surface area contributed by atoms with E-state index in [0.29, 0.717) is 53.8 Å². The van der Waals surface area contributed by atoms with E-state index in [1.54, 1.807) is 28.8 Å². The zero-order valence-corrected chi connectivity index (χ0v) is 19.1. The number of ether oxygens (including phenoxy) is 1. The molecule has 3 heterocycles. The third-order valence-electron chi connectivity index (χ3n) is 6.56. The molecule has 3 aromatic rings. The average molecular weight is 461 g/mol. The molecule has 0 atom stereocenters. The maximum absolute atomic E-state index is 13.3. The molecule has 0 radical (unpaired) electrons. The monoisotopic (exact) mass is 460 g/mol. The van der Waals surface area contributed by atoms with Crippen LogP contribution in [-0.2, 0) is 17.7 Å². The Hall–Kier alpha value is -3.36. The second-order valence-electron chi connectivity index (χ2n) is 8.72. The highest BCUT2D eigenvalue weighted by Gasteiger charge is 2.34. The van der Waals surface area contributed by atoms with E-state index >= 15 is 0 Å². The SMILES string of the molecule is O=C1c2ccccc2C(=O)N1CCCc1nc2ccccc2c(=O)n1CCCN1CCOCC1. The summed E-state index contributed by atoms with van der Waals surface area (Å²) in [7, 11) is 0. The Labute approximate surface area is 197 Å². The van der Waals surface area contributed by atoms with Crippen LogP contribution in [0.5, 0.6) is 0 Å². The minimum absolute atomic E-state index is 0.0386. The Bertz CT molecular complexity index is 1240. The number of carbonyl (C=O) groups is 2. The van der Waals surface area contributed by atoms with E-state index < -0.39 is 0 Å². The molecule has 2 aromatic carbocycles. The van der Waals surface area contributed by atoms with Crippen LogP contribution >= 0.6 is 0 Å². The molecule has 0 N–H and O–H groups in total. The fourth-order valence-electron chi connectivity index (χ4n) is 4.75. The maximum atomic E-state index is 13.3. The summed E-state index contributed by atoms with van der Waals surface area (Å²) in [5.41, 5.74) is 1.55. The van der Waals surface area contributed by atoms with Crippen molar-refractivity contribution in [1.29, 1.82) is 0 Å². The number of carbonyl (C=O) groups excluding carboxylic acids is 2. The lowest BCUT2D eigenvalue weighted by Crippen LogP contribution is -2.37. The highest BCUT2D eigenvalue weighted by molar-refractivity contribution is 6.21. The predicted molar refractivity (Wildman–Crippen MR) is 128 cm³/mol. The van der Waals surface area contributed by atoms with Crippen LogP contribution in [0.4, 0.5) is 0 Å². The Kier molecular flexibility index (Phi) is 6.51. The van der Waals surface area contributed by atoms with Crippen molar-refractivity contribution in [3.63, 3.8) is 0 Å². The highest BCUT2D eigenvalue weighted by atomic mass is 16.5. The number of fused-ring (bicyclic) bond motifs is 2. The van der Waals surface area contributed by atoms with Crippen molar-refractivity contribution in [2.24, 2.45) is 0 Å². The first-order valence-corrected chi connectivity index (χ1v) is 11.9. The number of nitrogens with zero attached hydrogens (tertiary/aromatic N) is 4. The second kappa shape index (κ2) is 9.87. The van der Waals surface area contributed by atoms with Gasteiger partial charge < -0.3 is 4.74 Å². The molecule has 2 aliphatic rings. The van der Waals surface area contributed by atoms with Gasteiger partial charge in [-0.3, -0.25) is 28.8 Å². The van der Waals surface area contributed by atoms with Gasteiger partial charge in [-0.1, -0.05) is 24.3 Å². The number of imide groups is 1. The Morgan fingerprint density at radius 1 is 0.794 bits per heavy atom. The van der Waals surface area contributed by atoms with E-state index in [4.69, 9.17) is 9.72 Å². The normalized spacial score (nSPS) is 16.4. The van der Waals surface area contributed by atoms with Crippen molar-refractivity contribution < 1.29 is 14.3 Å². The molecule has 34 heavy (non-hydrogen) atoms. The molecule has 1 saturated heterocycles. The van der Waals surface area contributed by atoms with E-state index in [-0.39, 0.29) is 17.4 Å². The summed E-state index contributed by atoms with van der Waals surface area (Å²) < 4.78 is 7.18. The smallest absolute Gasteiger partial charge is 0.261 e. The molecular weight excluding hydrogens is 432 g/mol. The number of para-hydroxylation sites is 1. The average Bonchev–Trinajstić information content (AvgIpc) is 3.11. The number of hydrogen-bond acceptors (Lipinski definition) is 6. The molecule has 2 amide bonds. The largest absolute Gasteiger partial charge is 0.379 e. The summed E-state index contributed by atoms with van der Waals surface area (Å²) >= 11 is 0. The molecule has 0 saturated carbocycles. The topological polar surface area (TPSA) is 84.7 Å². The summed E-state index contributed by atoms with van der Waals surface area (Å²) in [4.78, 5) is 47.0. The van der Waals surface area contributed by atoms with Crippen molar-refractivity contribution >= 4 is 22.7 Å². The van der Waals surface area contributed by atoms with Crippen molar-refractivity contribution in [3.05, 3.63) is 75.8 Å². The molecule has 8 heteroatoms. The summed E-state index contributed by atoms with van der Waals surface area (Å²) in [6, 6.07) is 14.3. The van der Waals surface area contributed by atoms with E-state index in [1.165, 1.54) is 4.90 Å². The number of rotatable bonds is 8. The fourth-order valence-corrected chi connectivity index (χ4v) is 4.75. The first-order valence-electron chi connectivity index (χ1n) is 11.9. The fraction of sp³-hybridized carbons (Fsp3) is 0.385. The van der Waals surface area contributed by atoms with Crippen LogP contribution in [0.25, 0.3) is 10.9 Å². The van der Waals surface area contributed by atoms with Gasteiger partial charge in [0, 0.05) is 39.1 Å². The zero-order chi connectivity index (χ0) is 23.5. The van der Waals surface area contributed by atoms with Gasteiger partial charge in [-0.25, -0.2) is 4.98 Å². The van der Waals surface area contributed by atoms with Crippen molar-refractivity contribution in [2.45, 2.75) is 25.8 Å². The van der Waals surface area contributed by atoms with Crippen LogP contribution in [0.1, 0.15) is 39.4 Å². The van der Waals surface area contributed by atoms with Gasteiger partial charge >= 0.3 is 0 Å². The summed E-state index contributed by atoms with van der Waals surface area (Å²) in [6.07, 6.45) is 1.88. The molecule has 5 rings (SSSR count). The van der Waals surface area contributed by atoms with E-state index in [0.717, 1.165) is 39.3 Å². The standard InChI is InChI=1S/C26H28N4O4/c31-24-19-7-1-2-8-20(19)25(32)30(24)13-5-11-23-27-22-10-4-3-9-21(22)26(33)29(23)14-6-12-28-15-17-34-18-16-28/h1-4,7-10H,5-6,11-18H2. The third-order valence-corrected chi connectivity index (χ3v) is 6.56. The molecule has 0 spiro atoms. The van der Waals surface area contributed by atoms with Crippen LogP contribution in [0, 0.1) is 0 Å². The summed E-state index contributed by atoms with van der Waals surface area (Å²) in [6.45, 7) is 5.10. The van der Waals surface area contributed by atoms with Crippen LogP contribution in [0.15, 0.2) is 53.3 Å². The number of hydrogen-bond donors (Lipinski definition) is 0. The van der Waals surface area contributed by atoms with Gasteiger partial charge in [-0.2, -0.15) is 0 Å². The molecule has 8 nitrogen and oxygen atoms in total. The Morgan fingerprint density at radius 3 is 2.21 bits per heavy atom. The van der Waals surface area contributed by atoms with E-state index in [9.17, 15) is 14.4 Å². The van der Waals surface area contributed by atoms with Crippen molar-refractivity contribution in [3.8, 4) is 0 Å². The Balaban J connectivity index is 1.30. The number of morpholine rings is 1. The van der Waals surface area contributed by atoms with Gasteiger partial charge in [0.05, 0.1) is 35.2 Å². The van der Waals surface area contributed by atoms with Crippen LogP contribution in [0.2, 0.25) is 0 Å². The first kappa shape index (κ1) is 22.4. The second-order valence-corrected chi connectivity index (χ2v) is 8.72. The minimum atomic E-state index is -0.255. The molecule has 0 unspecified atom stereocenters. The van der Waals surface area contributed by atoms with Gasteiger partial charge in [0.15, 0.2) is 0 Å². The van der Waals surface area contributed by atoms with Crippen LogP contribution in [0.3, 0.4) is 0 Å². The summed E-state index contributed by atoms with van der Waals surface area (Å²) in [5.74, 6) is 0.187. The van der Waals surface area contributed by atoms with E-state index in [2.05, 4.69) is 4.90 Å². The lowest BCUT2D eigenvalue weighted by Gasteiger charge is -2.26. The van der Waals surface area contributed by atoms with Gasteiger partial charge in [0.1, 0.15) is 5.82 Å². The lowest BCUT2D eigenvalue weighted by atomic mass is 10.1. The van der Waals surface area contributed by atoms with Gasteiger partial charge in [-0.05, 0) is 37.1 Å². The first-order chi connectivity index (χ1) is 16.6. The number of amides is 2. The molecular formula is C26H28N4O4. The molecule has 1 aromatic heterocycles. The summed E-state index contributed by atoms with van der Waals surface area (Å²) in [5, 5.41) is 0.609. The lowest BCUT2D eigenvalue weighted by molar-refractivity contribution is 0.0368. The van der Waals surface area contributed by atoms with Crippen LogP contribution in [-0.4, -0.2) is 70.6 Å². The van der Waals surface area contributed by atoms with Gasteiger partial charge in [0.25, 0.3) is 17.4 Å². The molecule has 0 bridgehead atoms. The number of benzene rings is 2. The van der Waals surface area contributed by atoms with Crippen LogP contribution < -0.4 is 5.56 Å². The number of aromatic nitrogens is 2. The van der Waals surface area contributed by atoms with Crippen molar-refractivity contribution in [2.75, 3.05) is 39.4 Å². The Morgan fingerprint density at radius 2 is 1.47 bits per heavy atom. The third kappa shape index (κ3) is 4.38. The molecule has 2 aliphatic heterocycles. The predicted octanol–water partition coefficient (Wildman–Crippen LogP) is 2.35. The molecule has 0 aliphatic carbocycles. The minimum Gasteiger partial charge on any atom is -0.379 e. The maximum Gasteiger partial charge on any atom is 0.261 e. The molecule has 176 valence electrons. The van der Waals surface area contributed by atoms with E-state index in [1.807, 2.05) is 24.3 Å². The zero-order valence-electron chi connectivity index (χ0n) is 19.1. The highest BCUT2D eigenvalue weighted by Crippen LogP contribution is 2.22. The van der Waals surface area contributed by atoms with Gasteiger partial charge in [0.2, 0.25) is 0 Å². The van der Waals surface area contributed by atoms with Crippen molar-refractivity contribution in [1.82, 2.24) is 19.4 Å². The number of aryl methyl sites for hydroxylation is 1.